The van der Waals surface area contributed by atoms with Crippen LogP contribution in [0.1, 0.15) is 44.2 Å². The lowest BCUT2D eigenvalue weighted by Gasteiger charge is -2.16. The molecule has 2 aromatic heterocycles. The highest BCUT2D eigenvalue weighted by atomic mass is 16.3. The van der Waals surface area contributed by atoms with Crippen LogP contribution in [0.3, 0.4) is 0 Å². The Morgan fingerprint density at radius 2 is 2.16 bits per heavy atom. The molecule has 1 atom stereocenters. The summed E-state index contributed by atoms with van der Waals surface area (Å²) in [4.78, 5) is 4.44. The summed E-state index contributed by atoms with van der Waals surface area (Å²) >= 11 is 0. The normalized spacial score (nSPS) is 12.8. The van der Waals surface area contributed by atoms with Crippen molar-refractivity contribution >= 4 is 0 Å². The lowest BCUT2D eigenvalue weighted by Crippen LogP contribution is -2.24. The summed E-state index contributed by atoms with van der Waals surface area (Å²) in [5.41, 5.74) is 0. The number of hydrogen-bond donors (Lipinski definition) is 1. The van der Waals surface area contributed by atoms with Crippen LogP contribution in [0.25, 0.3) is 0 Å². The Bertz CT molecular complexity index is 501. The van der Waals surface area contributed by atoms with Gasteiger partial charge < -0.3 is 14.3 Å². The van der Waals surface area contributed by atoms with Crippen molar-refractivity contribution in [2.75, 3.05) is 6.54 Å². The summed E-state index contributed by atoms with van der Waals surface area (Å²) < 4.78 is 8.04. The third-order valence-corrected chi connectivity index (χ3v) is 3.35. The van der Waals surface area contributed by atoms with Gasteiger partial charge in [-0.15, -0.1) is 0 Å². The van der Waals surface area contributed by atoms with Crippen molar-refractivity contribution in [1.29, 1.82) is 0 Å². The van der Waals surface area contributed by atoms with Crippen LogP contribution in [0, 0.1) is 0 Å². The molecule has 2 aromatic rings. The van der Waals surface area contributed by atoms with E-state index in [0.717, 1.165) is 43.3 Å². The third-order valence-electron chi connectivity index (χ3n) is 3.35. The van der Waals surface area contributed by atoms with E-state index in [2.05, 4.69) is 47.8 Å². The number of rotatable bonds is 7. The molecule has 1 N–H and O–H groups in total. The van der Waals surface area contributed by atoms with Crippen LogP contribution in [0.5, 0.6) is 0 Å². The Hall–Kier alpha value is -1.55. The Morgan fingerprint density at radius 3 is 2.79 bits per heavy atom. The Balaban J connectivity index is 2.16. The molecule has 0 saturated carbocycles. The zero-order valence-electron chi connectivity index (χ0n) is 12.0. The minimum absolute atomic E-state index is 0.193. The molecule has 2 rings (SSSR count). The van der Waals surface area contributed by atoms with E-state index in [1.54, 1.807) is 0 Å². The first-order valence-electron chi connectivity index (χ1n) is 7.10. The molecule has 4 nitrogen and oxygen atoms in total. The van der Waals surface area contributed by atoms with E-state index in [1.165, 1.54) is 0 Å². The van der Waals surface area contributed by atoms with Crippen LogP contribution < -0.4 is 5.32 Å². The third kappa shape index (κ3) is 3.26. The number of nitrogens with one attached hydrogen (secondary N) is 1. The molecule has 0 aliphatic rings. The van der Waals surface area contributed by atoms with Gasteiger partial charge in [-0.05, 0) is 25.6 Å². The molecule has 0 bridgehead atoms. The van der Waals surface area contributed by atoms with Crippen LogP contribution in [0.2, 0.25) is 0 Å². The predicted octanol–water partition coefficient (Wildman–Crippen LogP) is 2.95. The van der Waals surface area contributed by atoms with Gasteiger partial charge in [0.15, 0.2) is 0 Å². The fourth-order valence-corrected chi connectivity index (χ4v) is 2.29. The fraction of sp³-hybridized carbons (Fsp3) is 0.533. The lowest BCUT2D eigenvalue weighted by molar-refractivity contribution is 0.390. The molecule has 2 heterocycles. The SMILES string of the molecule is CCNC(Cc1nccn1CC)c1ccc(CC)o1. The molecule has 0 radical (unpaired) electrons. The van der Waals surface area contributed by atoms with E-state index in [0.29, 0.717) is 0 Å². The van der Waals surface area contributed by atoms with Gasteiger partial charge >= 0.3 is 0 Å². The van der Waals surface area contributed by atoms with E-state index < -0.39 is 0 Å². The van der Waals surface area contributed by atoms with Crippen molar-refractivity contribution in [2.45, 2.75) is 46.2 Å². The first kappa shape index (κ1) is 13.9. The maximum absolute atomic E-state index is 5.87. The Kier molecular flexibility index (Phi) is 4.80. The first-order valence-corrected chi connectivity index (χ1v) is 7.10. The van der Waals surface area contributed by atoms with Gasteiger partial charge in [-0.2, -0.15) is 0 Å². The number of likely N-dealkylation sites (N-methyl/N-ethyl adjacent to an activating group) is 1. The monoisotopic (exact) mass is 261 g/mol. The van der Waals surface area contributed by atoms with Gasteiger partial charge in [-0.1, -0.05) is 13.8 Å². The highest BCUT2D eigenvalue weighted by Gasteiger charge is 2.17. The molecule has 0 aliphatic heterocycles. The van der Waals surface area contributed by atoms with E-state index in [1.807, 2.05) is 12.4 Å². The first-order chi connectivity index (χ1) is 9.28. The molecule has 4 heteroatoms. The molecule has 0 aliphatic carbocycles. The second kappa shape index (κ2) is 6.57. The largest absolute Gasteiger partial charge is 0.464 e. The number of furan rings is 1. The van der Waals surface area contributed by atoms with E-state index >= 15 is 0 Å². The maximum atomic E-state index is 5.87. The second-order valence-corrected chi connectivity index (χ2v) is 4.60. The number of aryl methyl sites for hydroxylation is 2. The van der Waals surface area contributed by atoms with Crippen molar-refractivity contribution < 1.29 is 4.42 Å². The average molecular weight is 261 g/mol. The van der Waals surface area contributed by atoms with Crippen LogP contribution in [0.4, 0.5) is 0 Å². The summed E-state index contributed by atoms with van der Waals surface area (Å²) in [5.74, 6) is 3.14. The average Bonchev–Trinajstić information content (AvgIpc) is 3.06. The van der Waals surface area contributed by atoms with Crippen molar-refractivity contribution in [2.24, 2.45) is 0 Å². The molecule has 0 saturated heterocycles. The Labute approximate surface area is 114 Å². The zero-order valence-corrected chi connectivity index (χ0v) is 12.0. The van der Waals surface area contributed by atoms with Gasteiger partial charge in [0.05, 0.1) is 6.04 Å². The molecular formula is C15H23N3O. The van der Waals surface area contributed by atoms with Gasteiger partial charge in [0, 0.05) is 31.8 Å². The fourth-order valence-electron chi connectivity index (χ4n) is 2.29. The van der Waals surface area contributed by atoms with Crippen LogP contribution in [-0.2, 0) is 19.4 Å². The van der Waals surface area contributed by atoms with Crippen LogP contribution in [0.15, 0.2) is 28.9 Å². The van der Waals surface area contributed by atoms with Crippen molar-refractivity contribution in [3.05, 3.63) is 41.9 Å². The minimum atomic E-state index is 0.193. The molecule has 104 valence electrons. The number of nitrogens with zero attached hydrogens (tertiary/aromatic N) is 2. The van der Waals surface area contributed by atoms with Crippen LogP contribution >= 0.6 is 0 Å². The molecule has 0 amide bonds. The summed E-state index contributed by atoms with van der Waals surface area (Å²) in [6.45, 7) is 8.22. The van der Waals surface area contributed by atoms with Gasteiger partial charge in [0.2, 0.25) is 0 Å². The number of hydrogen-bond acceptors (Lipinski definition) is 3. The molecule has 19 heavy (non-hydrogen) atoms. The zero-order chi connectivity index (χ0) is 13.7. The summed E-state index contributed by atoms with van der Waals surface area (Å²) in [6, 6.07) is 4.33. The second-order valence-electron chi connectivity index (χ2n) is 4.60. The quantitative estimate of drug-likeness (QED) is 0.833. The van der Waals surface area contributed by atoms with Gasteiger partial charge in [-0.25, -0.2) is 4.98 Å². The van der Waals surface area contributed by atoms with Gasteiger partial charge in [-0.3, -0.25) is 0 Å². The molecule has 1 unspecified atom stereocenters. The smallest absolute Gasteiger partial charge is 0.121 e. The lowest BCUT2D eigenvalue weighted by atomic mass is 10.1. The Morgan fingerprint density at radius 1 is 1.32 bits per heavy atom. The number of imidazole rings is 1. The van der Waals surface area contributed by atoms with E-state index in [-0.39, 0.29) is 6.04 Å². The summed E-state index contributed by atoms with van der Waals surface area (Å²) in [6.07, 6.45) is 5.67. The van der Waals surface area contributed by atoms with Gasteiger partial charge in [0.25, 0.3) is 0 Å². The molecule has 0 fully saturated rings. The topological polar surface area (TPSA) is 43.0 Å². The molecular weight excluding hydrogens is 238 g/mol. The minimum Gasteiger partial charge on any atom is -0.464 e. The maximum Gasteiger partial charge on any atom is 0.121 e. The summed E-state index contributed by atoms with van der Waals surface area (Å²) in [7, 11) is 0. The van der Waals surface area contributed by atoms with Crippen molar-refractivity contribution in [3.8, 4) is 0 Å². The standard InChI is InChI=1S/C15H23N3O/c1-4-12-7-8-14(19-12)13(16-5-2)11-15-17-9-10-18(15)6-3/h7-10,13,16H,4-6,11H2,1-3H3. The molecule has 0 spiro atoms. The van der Waals surface area contributed by atoms with Gasteiger partial charge in [0.1, 0.15) is 17.3 Å². The van der Waals surface area contributed by atoms with Crippen LogP contribution in [-0.4, -0.2) is 16.1 Å². The summed E-state index contributed by atoms with van der Waals surface area (Å²) in [5, 5.41) is 3.48. The number of aromatic nitrogens is 2. The van der Waals surface area contributed by atoms with Crippen molar-refractivity contribution in [1.82, 2.24) is 14.9 Å². The van der Waals surface area contributed by atoms with E-state index in [4.69, 9.17) is 4.42 Å². The van der Waals surface area contributed by atoms with Crippen molar-refractivity contribution in [3.63, 3.8) is 0 Å². The molecule has 0 aromatic carbocycles. The highest BCUT2D eigenvalue weighted by Crippen LogP contribution is 2.20. The highest BCUT2D eigenvalue weighted by molar-refractivity contribution is 5.13. The van der Waals surface area contributed by atoms with E-state index in [9.17, 15) is 0 Å². The predicted molar refractivity (Wildman–Crippen MR) is 76.1 cm³/mol.